The molecule has 0 radical (unpaired) electrons. The number of rotatable bonds is 6. The predicted octanol–water partition coefficient (Wildman–Crippen LogP) is 4.18. The number of thiazole rings is 1. The second kappa shape index (κ2) is 8.58. The van der Waals surface area contributed by atoms with E-state index in [-0.39, 0.29) is 20.6 Å². The van der Waals surface area contributed by atoms with Gasteiger partial charge in [-0.2, -0.15) is 0 Å². The van der Waals surface area contributed by atoms with E-state index < -0.39 is 22.0 Å². The lowest BCUT2D eigenvalue weighted by molar-refractivity contribution is -0.116. The molecule has 0 aliphatic carbocycles. The Morgan fingerprint density at radius 1 is 1.23 bits per heavy atom. The molecule has 2 aromatic carbocycles. The maximum atomic E-state index is 12.9. The number of fused-ring (bicyclic) bond motifs is 1. The standard InChI is InChI=1S/C19H19Cl2N3O4S2/c1-4-23-15-8-6-13(10-17(15)29-19(23)26)22-18(25)11(2)24(30(3,27)28)16-9-12(20)5-7-14(16)21/h5-11H,4H2,1-3H3,(H,22,25). The zero-order chi connectivity index (χ0) is 22.2. The van der Waals surface area contributed by atoms with Crippen LogP contribution in [0, 0.1) is 0 Å². The molecule has 3 rings (SSSR count). The second-order valence-corrected chi connectivity index (χ2v) is 10.3. The van der Waals surface area contributed by atoms with Gasteiger partial charge in [0.1, 0.15) is 6.04 Å². The Hall–Kier alpha value is -2.07. The Morgan fingerprint density at radius 3 is 2.57 bits per heavy atom. The van der Waals surface area contributed by atoms with Crippen LogP contribution in [0.5, 0.6) is 0 Å². The Morgan fingerprint density at radius 2 is 1.93 bits per heavy atom. The number of benzene rings is 2. The minimum absolute atomic E-state index is 0.0804. The minimum atomic E-state index is -3.85. The van der Waals surface area contributed by atoms with Crippen LogP contribution in [0.2, 0.25) is 10.0 Å². The Kier molecular flexibility index (Phi) is 6.47. The van der Waals surface area contributed by atoms with Crippen molar-refractivity contribution in [2.75, 3.05) is 15.9 Å². The maximum absolute atomic E-state index is 12.9. The van der Waals surface area contributed by atoms with Gasteiger partial charge in [-0.05, 0) is 50.2 Å². The van der Waals surface area contributed by atoms with Crippen LogP contribution in [0.1, 0.15) is 13.8 Å². The van der Waals surface area contributed by atoms with E-state index in [0.717, 1.165) is 32.1 Å². The lowest BCUT2D eigenvalue weighted by Crippen LogP contribution is -2.45. The summed E-state index contributed by atoms with van der Waals surface area (Å²) in [6, 6.07) is 8.39. The van der Waals surface area contributed by atoms with Crippen molar-refractivity contribution in [3.8, 4) is 0 Å². The summed E-state index contributed by atoms with van der Waals surface area (Å²) in [7, 11) is -3.85. The van der Waals surface area contributed by atoms with E-state index in [1.807, 2.05) is 6.92 Å². The van der Waals surface area contributed by atoms with Crippen molar-refractivity contribution in [2.24, 2.45) is 0 Å². The van der Waals surface area contributed by atoms with E-state index in [4.69, 9.17) is 23.2 Å². The molecule has 1 heterocycles. The van der Waals surface area contributed by atoms with Crippen molar-refractivity contribution in [3.63, 3.8) is 0 Å². The van der Waals surface area contributed by atoms with Crippen molar-refractivity contribution in [3.05, 3.63) is 56.1 Å². The number of halogens is 2. The van der Waals surface area contributed by atoms with Gasteiger partial charge in [-0.3, -0.25) is 18.5 Å². The number of hydrogen-bond acceptors (Lipinski definition) is 5. The molecule has 1 N–H and O–H groups in total. The van der Waals surface area contributed by atoms with E-state index in [2.05, 4.69) is 5.32 Å². The number of carbonyl (C=O) groups excluding carboxylic acids is 1. The summed E-state index contributed by atoms with van der Waals surface area (Å²) in [6.45, 7) is 3.88. The lowest BCUT2D eigenvalue weighted by Gasteiger charge is -2.29. The highest BCUT2D eigenvalue weighted by atomic mass is 35.5. The number of sulfonamides is 1. The fraction of sp³-hybridized carbons (Fsp3) is 0.263. The smallest absolute Gasteiger partial charge is 0.308 e. The first-order chi connectivity index (χ1) is 14.0. The molecule has 0 spiro atoms. The Bertz CT molecular complexity index is 1280. The van der Waals surface area contributed by atoms with Gasteiger partial charge in [-0.1, -0.05) is 34.5 Å². The third-order valence-corrected chi connectivity index (χ3v) is 7.21. The molecule has 1 unspecified atom stereocenters. The van der Waals surface area contributed by atoms with Crippen molar-refractivity contribution < 1.29 is 13.2 Å². The van der Waals surface area contributed by atoms with Gasteiger partial charge in [0, 0.05) is 17.3 Å². The molecule has 0 fully saturated rings. The lowest BCUT2D eigenvalue weighted by atomic mass is 10.2. The molecule has 160 valence electrons. The summed E-state index contributed by atoms with van der Waals surface area (Å²) in [6.07, 6.45) is 0.991. The van der Waals surface area contributed by atoms with E-state index in [1.165, 1.54) is 25.1 Å². The van der Waals surface area contributed by atoms with Crippen LogP contribution in [0.3, 0.4) is 0 Å². The summed E-state index contributed by atoms with van der Waals surface area (Å²) < 4.78 is 28.2. The van der Waals surface area contributed by atoms with Gasteiger partial charge < -0.3 is 5.32 Å². The van der Waals surface area contributed by atoms with Gasteiger partial charge >= 0.3 is 4.87 Å². The summed E-state index contributed by atoms with van der Waals surface area (Å²) >= 11 is 13.3. The molecule has 1 aromatic heterocycles. The van der Waals surface area contributed by atoms with Gasteiger partial charge in [-0.15, -0.1) is 0 Å². The summed E-state index contributed by atoms with van der Waals surface area (Å²) in [5, 5.41) is 3.15. The van der Waals surface area contributed by atoms with Crippen LogP contribution in [0.15, 0.2) is 41.2 Å². The molecule has 11 heteroatoms. The van der Waals surface area contributed by atoms with E-state index in [0.29, 0.717) is 12.2 Å². The highest BCUT2D eigenvalue weighted by Gasteiger charge is 2.31. The fourth-order valence-corrected chi connectivity index (χ4v) is 5.72. The van der Waals surface area contributed by atoms with Crippen LogP contribution in [0.4, 0.5) is 11.4 Å². The Labute approximate surface area is 187 Å². The van der Waals surface area contributed by atoms with E-state index in [1.54, 1.807) is 22.8 Å². The molecule has 0 saturated heterocycles. The molecule has 3 aromatic rings. The summed E-state index contributed by atoms with van der Waals surface area (Å²) in [5.74, 6) is -0.557. The molecule has 1 amide bonds. The van der Waals surface area contributed by atoms with Crippen LogP contribution in [0.25, 0.3) is 10.2 Å². The van der Waals surface area contributed by atoms with Crippen LogP contribution in [-0.4, -0.2) is 31.2 Å². The summed E-state index contributed by atoms with van der Waals surface area (Å²) in [4.78, 5) is 24.8. The SMILES string of the molecule is CCn1c(=O)sc2cc(NC(=O)C(C)N(c3cc(Cl)ccc3Cl)S(C)(=O)=O)ccc21. The normalized spacial score (nSPS) is 12.7. The third kappa shape index (κ3) is 4.49. The van der Waals surface area contributed by atoms with Crippen molar-refractivity contribution in [1.82, 2.24) is 4.57 Å². The quantitative estimate of drug-likeness (QED) is 0.564. The minimum Gasteiger partial charge on any atom is -0.324 e. The first-order valence-electron chi connectivity index (χ1n) is 8.91. The fourth-order valence-electron chi connectivity index (χ4n) is 3.13. The summed E-state index contributed by atoms with van der Waals surface area (Å²) in [5.41, 5.74) is 1.35. The van der Waals surface area contributed by atoms with Crippen molar-refractivity contribution in [2.45, 2.75) is 26.4 Å². The average Bonchev–Trinajstić information content (AvgIpc) is 2.97. The van der Waals surface area contributed by atoms with Crippen molar-refractivity contribution >= 4 is 72.1 Å². The molecular weight excluding hydrogens is 469 g/mol. The highest BCUT2D eigenvalue weighted by molar-refractivity contribution is 7.92. The molecule has 0 saturated carbocycles. The van der Waals surface area contributed by atoms with Crippen LogP contribution in [-0.2, 0) is 21.4 Å². The first kappa shape index (κ1) is 22.6. The molecule has 30 heavy (non-hydrogen) atoms. The number of hydrogen-bond donors (Lipinski definition) is 1. The van der Waals surface area contributed by atoms with Gasteiger partial charge in [0.15, 0.2) is 0 Å². The number of aromatic nitrogens is 1. The Balaban J connectivity index is 1.93. The monoisotopic (exact) mass is 487 g/mol. The first-order valence-corrected chi connectivity index (χ1v) is 12.3. The largest absolute Gasteiger partial charge is 0.324 e. The maximum Gasteiger partial charge on any atom is 0.308 e. The van der Waals surface area contributed by atoms with Gasteiger partial charge in [0.2, 0.25) is 15.9 Å². The topological polar surface area (TPSA) is 88.5 Å². The predicted molar refractivity (Wildman–Crippen MR) is 124 cm³/mol. The van der Waals surface area contributed by atoms with Gasteiger partial charge in [-0.25, -0.2) is 8.42 Å². The van der Waals surface area contributed by atoms with Crippen LogP contribution >= 0.6 is 34.5 Å². The third-order valence-electron chi connectivity index (χ3n) is 4.49. The average molecular weight is 488 g/mol. The number of nitrogens with zero attached hydrogens (tertiary/aromatic N) is 2. The zero-order valence-corrected chi connectivity index (χ0v) is 19.5. The molecule has 0 aliphatic rings. The number of amides is 1. The number of anilines is 2. The number of nitrogens with one attached hydrogen (secondary N) is 1. The van der Waals surface area contributed by atoms with E-state index >= 15 is 0 Å². The second-order valence-electron chi connectivity index (χ2n) is 6.61. The molecule has 0 bridgehead atoms. The number of carbonyl (C=O) groups is 1. The molecule has 0 aliphatic heterocycles. The van der Waals surface area contributed by atoms with E-state index in [9.17, 15) is 18.0 Å². The van der Waals surface area contributed by atoms with Crippen molar-refractivity contribution in [1.29, 1.82) is 0 Å². The number of aryl methyl sites for hydroxylation is 1. The van der Waals surface area contributed by atoms with Gasteiger partial charge in [0.25, 0.3) is 0 Å². The molecule has 1 atom stereocenters. The van der Waals surface area contributed by atoms with Gasteiger partial charge in [0.05, 0.1) is 27.2 Å². The molecular formula is C19H19Cl2N3O4S2. The zero-order valence-electron chi connectivity index (χ0n) is 16.3. The van der Waals surface area contributed by atoms with Crippen LogP contribution < -0.4 is 14.5 Å². The highest BCUT2D eigenvalue weighted by Crippen LogP contribution is 2.32. The molecule has 7 nitrogen and oxygen atoms in total.